The number of hydrogen-bond donors (Lipinski definition) is 1. The minimum Gasteiger partial charge on any atom is -0.381 e. The minimum absolute atomic E-state index is 0.268. The molecule has 0 radical (unpaired) electrons. The molecule has 0 aromatic heterocycles. The van der Waals surface area contributed by atoms with E-state index in [4.69, 9.17) is 9.47 Å². The maximum Gasteiger partial charge on any atom is 0.0656 e. The average molecular weight is 283 g/mol. The Morgan fingerprint density at radius 3 is 2.60 bits per heavy atom. The quantitative estimate of drug-likeness (QED) is 0.624. The predicted octanol–water partition coefficient (Wildman–Crippen LogP) is 3.23. The van der Waals surface area contributed by atoms with Gasteiger partial charge >= 0.3 is 0 Å². The third-order valence-corrected chi connectivity index (χ3v) is 4.72. The van der Waals surface area contributed by atoms with Crippen LogP contribution < -0.4 is 5.32 Å². The molecule has 118 valence electrons. The Kier molecular flexibility index (Phi) is 5.88. The molecule has 2 fully saturated rings. The first kappa shape index (κ1) is 16.3. The highest BCUT2D eigenvalue weighted by molar-refractivity contribution is 5.02. The maximum absolute atomic E-state index is 6.00. The summed E-state index contributed by atoms with van der Waals surface area (Å²) in [5, 5.41) is 3.67. The van der Waals surface area contributed by atoms with E-state index in [1.807, 2.05) is 0 Å². The highest BCUT2D eigenvalue weighted by Gasteiger charge is 2.48. The largest absolute Gasteiger partial charge is 0.381 e. The lowest BCUT2D eigenvalue weighted by Gasteiger charge is -2.52. The average Bonchev–Trinajstić information content (AvgIpc) is 3.18. The third kappa shape index (κ3) is 4.71. The fourth-order valence-electron chi connectivity index (χ4n) is 2.81. The molecule has 2 saturated carbocycles. The van der Waals surface area contributed by atoms with Crippen LogP contribution in [0.4, 0.5) is 0 Å². The van der Waals surface area contributed by atoms with Gasteiger partial charge in [-0.3, -0.25) is 0 Å². The van der Waals surface area contributed by atoms with Crippen LogP contribution in [0, 0.1) is 17.3 Å². The summed E-state index contributed by atoms with van der Waals surface area (Å²) in [6, 6.07) is 0.600. The van der Waals surface area contributed by atoms with Gasteiger partial charge < -0.3 is 14.8 Å². The van der Waals surface area contributed by atoms with Crippen molar-refractivity contribution in [1.29, 1.82) is 0 Å². The molecule has 0 amide bonds. The molecule has 1 N–H and O–H groups in total. The maximum atomic E-state index is 6.00. The molecule has 3 nitrogen and oxygen atoms in total. The molecule has 2 aliphatic rings. The van der Waals surface area contributed by atoms with Crippen molar-refractivity contribution in [3.63, 3.8) is 0 Å². The summed E-state index contributed by atoms with van der Waals surface area (Å²) in [6.45, 7) is 12.9. The number of rotatable bonds is 10. The van der Waals surface area contributed by atoms with E-state index in [0.29, 0.717) is 18.1 Å². The SMILES string of the molecule is CC(C)COC1CC(NCCCOCC2CC2)C1(C)C. The van der Waals surface area contributed by atoms with Crippen molar-refractivity contribution in [3.05, 3.63) is 0 Å². The van der Waals surface area contributed by atoms with Crippen molar-refractivity contribution in [2.75, 3.05) is 26.4 Å². The molecule has 2 rings (SSSR count). The zero-order chi connectivity index (χ0) is 14.6. The number of hydrogen-bond acceptors (Lipinski definition) is 3. The Morgan fingerprint density at radius 1 is 1.25 bits per heavy atom. The third-order valence-electron chi connectivity index (χ3n) is 4.72. The van der Waals surface area contributed by atoms with Crippen molar-refractivity contribution >= 4 is 0 Å². The van der Waals surface area contributed by atoms with Gasteiger partial charge in [0.1, 0.15) is 0 Å². The van der Waals surface area contributed by atoms with Crippen LogP contribution in [0.1, 0.15) is 53.4 Å². The van der Waals surface area contributed by atoms with E-state index < -0.39 is 0 Å². The first-order chi connectivity index (χ1) is 9.50. The van der Waals surface area contributed by atoms with E-state index in [9.17, 15) is 0 Å². The fourth-order valence-corrected chi connectivity index (χ4v) is 2.81. The molecule has 0 aromatic rings. The molecule has 2 unspecified atom stereocenters. The summed E-state index contributed by atoms with van der Waals surface area (Å²) >= 11 is 0. The highest BCUT2D eigenvalue weighted by atomic mass is 16.5. The molecule has 2 atom stereocenters. The van der Waals surface area contributed by atoms with Crippen LogP contribution >= 0.6 is 0 Å². The van der Waals surface area contributed by atoms with Crippen molar-refractivity contribution in [2.24, 2.45) is 17.3 Å². The second-order valence-electron chi connectivity index (χ2n) is 7.65. The van der Waals surface area contributed by atoms with E-state index in [0.717, 1.165) is 45.1 Å². The van der Waals surface area contributed by atoms with Gasteiger partial charge in [0.2, 0.25) is 0 Å². The normalized spacial score (nSPS) is 28.6. The Bertz CT molecular complexity index is 287. The second kappa shape index (κ2) is 7.24. The summed E-state index contributed by atoms with van der Waals surface area (Å²) in [4.78, 5) is 0. The first-order valence-electron chi connectivity index (χ1n) is 8.43. The Morgan fingerprint density at radius 2 is 2.00 bits per heavy atom. The van der Waals surface area contributed by atoms with Crippen molar-refractivity contribution in [3.8, 4) is 0 Å². The van der Waals surface area contributed by atoms with Crippen LogP contribution in [0.25, 0.3) is 0 Å². The predicted molar refractivity (Wildman–Crippen MR) is 82.9 cm³/mol. The fraction of sp³-hybridized carbons (Fsp3) is 1.00. The van der Waals surface area contributed by atoms with E-state index in [2.05, 4.69) is 33.0 Å². The molecule has 0 bridgehead atoms. The summed E-state index contributed by atoms with van der Waals surface area (Å²) < 4.78 is 11.7. The van der Waals surface area contributed by atoms with Crippen LogP contribution in [-0.4, -0.2) is 38.5 Å². The lowest BCUT2D eigenvalue weighted by molar-refractivity contribution is -0.123. The summed E-state index contributed by atoms with van der Waals surface area (Å²) in [7, 11) is 0. The zero-order valence-electron chi connectivity index (χ0n) is 13.8. The van der Waals surface area contributed by atoms with Gasteiger partial charge in [0.15, 0.2) is 0 Å². The van der Waals surface area contributed by atoms with E-state index in [1.54, 1.807) is 0 Å². The molecular weight excluding hydrogens is 250 g/mol. The van der Waals surface area contributed by atoms with Crippen molar-refractivity contribution < 1.29 is 9.47 Å². The molecule has 0 heterocycles. The van der Waals surface area contributed by atoms with E-state index in [1.165, 1.54) is 12.8 Å². The number of nitrogens with one attached hydrogen (secondary N) is 1. The van der Waals surface area contributed by atoms with Gasteiger partial charge in [-0.1, -0.05) is 27.7 Å². The van der Waals surface area contributed by atoms with Crippen LogP contribution in [-0.2, 0) is 9.47 Å². The Hall–Kier alpha value is -0.120. The summed E-state index contributed by atoms with van der Waals surface area (Å²) in [5.74, 6) is 1.51. The summed E-state index contributed by atoms with van der Waals surface area (Å²) in [5.41, 5.74) is 0.268. The van der Waals surface area contributed by atoms with Crippen LogP contribution in [0.15, 0.2) is 0 Å². The smallest absolute Gasteiger partial charge is 0.0656 e. The van der Waals surface area contributed by atoms with Gasteiger partial charge in [0.05, 0.1) is 6.10 Å². The van der Waals surface area contributed by atoms with E-state index >= 15 is 0 Å². The Labute approximate surface area is 124 Å². The molecule has 0 aliphatic heterocycles. The highest BCUT2D eigenvalue weighted by Crippen LogP contribution is 2.42. The topological polar surface area (TPSA) is 30.5 Å². The molecule has 20 heavy (non-hydrogen) atoms. The van der Waals surface area contributed by atoms with Crippen molar-refractivity contribution in [2.45, 2.75) is 65.5 Å². The second-order valence-corrected chi connectivity index (χ2v) is 7.65. The first-order valence-corrected chi connectivity index (χ1v) is 8.43. The lowest BCUT2D eigenvalue weighted by atomic mass is 9.64. The monoisotopic (exact) mass is 283 g/mol. The van der Waals surface area contributed by atoms with Crippen LogP contribution in [0.2, 0.25) is 0 Å². The summed E-state index contributed by atoms with van der Waals surface area (Å²) in [6.07, 6.45) is 5.46. The standard InChI is InChI=1S/C17H33NO2/c1-13(2)11-20-16-10-15(17(16,3)4)18-8-5-9-19-12-14-6-7-14/h13-16,18H,5-12H2,1-4H3. The van der Waals surface area contributed by atoms with Gasteiger partial charge in [-0.05, 0) is 44.1 Å². The molecular formula is C17H33NO2. The molecule has 3 heteroatoms. The molecule has 0 aromatic carbocycles. The minimum atomic E-state index is 0.268. The van der Waals surface area contributed by atoms with Crippen molar-refractivity contribution in [1.82, 2.24) is 5.32 Å². The number of ether oxygens (including phenoxy) is 2. The molecule has 0 spiro atoms. The Balaban J connectivity index is 1.50. The van der Waals surface area contributed by atoms with Crippen LogP contribution in [0.5, 0.6) is 0 Å². The van der Waals surface area contributed by atoms with Gasteiger partial charge in [-0.15, -0.1) is 0 Å². The molecule has 2 aliphatic carbocycles. The van der Waals surface area contributed by atoms with Gasteiger partial charge in [0, 0.05) is 31.3 Å². The van der Waals surface area contributed by atoms with Gasteiger partial charge in [0.25, 0.3) is 0 Å². The molecule has 0 saturated heterocycles. The van der Waals surface area contributed by atoms with Gasteiger partial charge in [-0.2, -0.15) is 0 Å². The van der Waals surface area contributed by atoms with E-state index in [-0.39, 0.29) is 5.41 Å². The lowest BCUT2D eigenvalue weighted by Crippen LogP contribution is -2.61. The van der Waals surface area contributed by atoms with Crippen LogP contribution in [0.3, 0.4) is 0 Å². The zero-order valence-corrected chi connectivity index (χ0v) is 13.8. The van der Waals surface area contributed by atoms with Gasteiger partial charge in [-0.25, -0.2) is 0 Å².